The highest BCUT2D eigenvalue weighted by molar-refractivity contribution is 6.02. The third-order valence-electron chi connectivity index (χ3n) is 7.72. The van der Waals surface area contributed by atoms with Crippen LogP contribution in [0, 0.1) is 5.92 Å². The molecule has 7 nitrogen and oxygen atoms in total. The summed E-state index contributed by atoms with van der Waals surface area (Å²) in [5.41, 5.74) is 3.57. The number of anilines is 2. The van der Waals surface area contributed by atoms with E-state index in [1.54, 1.807) is 0 Å². The van der Waals surface area contributed by atoms with Gasteiger partial charge in [-0.2, -0.15) is 0 Å². The maximum atomic E-state index is 13.3. The summed E-state index contributed by atoms with van der Waals surface area (Å²) in [6.45, 7) is 5.65. The summed E-state index contributed by atoms with van der Waals surface area (Å²) < 4.78 is 5.40. The summed E-state index contributed by atoms with van der Waals surface area (Å²) in [6, 6.07) is 16.4. The van der Waals surface area contributed by atoms with E-state index in [-0.39, 0.29) is 18.0 Å². The van der Waals surface area contributed by atoms with Crippen LogP contribution < -0.4 is 20.9 Å². The van der Waals surface area contributed by atoms with Gasteiger partial charge < -0.3 is 25.6 Å². The number of ether oxygens (including phenoxy) is 1. The molecule has 2 aromatic rings. The molecule has 2 aliphatic rings. The van der Waals surface area contributed by atoms with Crippen LogP contribution in [0.3, 0.4) is 0 Å². The lowest BCUT2D eigenvalue weighted by atomic mass is 9.89. The van der Waals surface area contributed by atoms with Crippen molar-refractivity contribution >= 4 is 23.3 Å². The third-order valence-corrected chi connectivity index (χ3v) is 7.72. The molecule has 38 heavy (non-hydrogen) atoms. The summed E-state index contributed by atoms with van der Waals surface area (Å²) in [5, 5.41) is 9.11. The molecular formula is C31H44N4O3. The van der Waals surface area contributed by atoms with Gasteiger partial charge in [0.25, 0.3) is 5.91 Å². The minimum absolute atomic E-state index is 0.112. The Kier molecular flexibility index (Phi) is 10.9. The van der Waals surface area contributed by atoms with Crippen LogP contribution in [0.4, 0.5) is 16.2 Å². The maximum Gasteiger partial charge on any atom is 0.319 e. The van der Waals surface area contributed by atoms with Crippen LogP contribution in [0.2, 0.25) is 0 Å². The molecule has 1 aliphatic heterocycles. The number of hydrogen-bond donors (Lipinski definition) is 3. The van der Waals surface area contributed by atoms with Gasteiger partial charge in [0.1, 0.15) is 0 Å². The van der Waals surface area contributed by atoms with E-state index in [0.717, 1.165) is 70.1 Å². The highest BCUT2D eigenvalue weighted by Crippen LogP contribution is 2.30. The monoisotopic (exact) mass is 520 g/mol. The molecule has 0 atom stereocenters. The van der Waals surface area contributed by atoms with Gasteiger partial charge in [0.05, 0.1) is 5.56 Å². The van der Waals surface area contributed by atoms with Crippen LogP contribution in [0.25, 0.3) is 0 Å². The summed E-state index contributed by atoms with van der Waals surface area (Å²) >= 11 is 0. The topological polar surface area (TPSA) is 82.7 Å². The van der Waals surface area contributed by atoms with Gasteiger partial charge >= 0.3 is 6.03 Å². The van der Waals surface area contributed by atoms with Crippen LogP contribution in [0.1, 0.15) is 74.2 Å². The van der Waals surface area contributed by atoms with E-state index in [2.05, 4.69) is 51.2 Å². The number of nitrogens with one attached hydrogen (secondary N) is 3. The van der Waals surface area contributed by atoms with Crippen molar-refractivity contribution in [3.8, 4) is 0 Å². The molecule has 2 aromatic carbocycles. The normalized spacial score (nSPS) is 16.7. The quantitative estimate of drug-likeness (QED) is 0.329. The van der Waals surface area contributed by atoms with Gasteiger partial charge in [0.15, 0.2) is 0 Å². The average molecular weight is 521 g/mol. The lowest BCUT2D eigenvalue weighted by Crippen LogP contribution is -2.39. The van der Waals surface area contributed by atoms with Gasteiger partial charge in [-0.15, -0.1) is 0 Å². The molecule has 0 spiro atoms. The van der Waals surface area contributed by atoms with Crippen molar-refractivity contribution in [2.45, 2.75) is 70.8 Å². The molecule has 1 saturated carbocycles. The van der Waals surface area contributed by atoms with Crippen molar-refractivity contribution in [1.29, 1.82) is 0 Å². The lowest BCUT2D eigenvalue weighted by molar-refractivity contribution is 0.0944. The first-order valence-corrected chi connectivity index (χ1v) is 14.5. The fourth-order valence-electron chi connectivity index (χ4n) is 5.61. The largest absolute Gasteiger partial charge is 0.382 e. The minimum atomic E-state index is -0.200. The summed E-state index contributed by atoms with van der Waals surface area (Å²) in [5.74, 6) is 0.535. The molecule has 1 aliphatic carbocycles. The minimum Gasteiger partial charge on any atom is -0.382 e. The van der Waals surface area contributed by atoms with Gasteiger partial charge in [-0.05, 0) is 75.1 Å². The van der Waals surface area contributed by atoms with Gasteiger partial charge in [-0.25, -0.2) is 4.79 Å². The van der Waals surface area contributed by atoms with E-state index in [1.807, 2.05) is 25.1 Å². The number of carbonyl (C=O) groups is 2. The van der Waals surface area contributed by atoms with Crippen molar-refractivity contribution in [2.24, 2.45) is 5.92 Å². The predicted molar refractivity (Wildman–Crippen MR) is 154 cm³/mol. The number of benzene rings is 2. The van der Waals surface area contributed by atoms with Gasteiger partial charge in [0.2, 0.25) is 0 Å². The Balaban J connectivity index is 1.41. The Labute approximate surface area is 227 Å². The van der Waals surface area contributed by atoms with Crippen LogP contribution in [-0.4, -0.2) is 50.8 Å². The zero-order valence-corrected chi connectivity index (χ0v) is 22.8. The van der Waals surface area contributed by atoms with Crippen molar-refractivity contribution in [2.75, 3.05) is 43.1 Å². The molecule has 4 rings (SSSR count). The third kappa shape index (κ3) is 8.48. The number of amides is 3. The van der Waals surface area contributed by atoms with Crippen molar-refractivity contribution in [3.63, 3.8) is 0 Å². The predicted octanol–water partition coefficient (Wildman–Crippen LogP) is 5.76. The highest BCUT2D eigenvalue weighted by Gasteiger charge is 2.24. The van der Waals surface area contributed by atoms with Crippen LogP contribution >= 0.6 is 0 Å². The molecular weight excluding hydrogens is 476 g/mol. The molecule has 0 bridgehead atoms. The zero-order chi connectivity index (χ0) is 26.6. The summed E-state index contributed by atoms with van der Waals surface area (Å²) in [4.78, 5) is 28.3. The maximum absolute atomic E-state index is 13.3. The number of rotatable bonds is 11. The van der Waals surface area contributed by atoms with E-state index >= 15 is 0 Å². The molecule has 7 heteroatoms. The Hall–Kier alpha value is -3.06. The second-order valence-corrected chi connectivity index (χ2v) is 10.6. The number of piperidine rings is 1. The second kappa shape index (κ2) is 14.8. The molecule has 206 valence electrons. The van der Waals surface area contributed by atoms with Crippen molar-refractivity contribution < 1.29 is 14.3 Å². The fraction of sp³-hybridized carbons (Fsp3) is 0.548. The van der Waals surface area contributed by atoms with E-state index in [4.69, 9.17) is 4.74 Å². The Morgan fingerprint density at radius 1 is 0.974 bits per heavy atom. The first-order chi connectivity index (χ1) is 18.6. The van der Waals surface area contributed by atoms with E-state index < -0.39 is 0 Å². The van der Waals surface area contributed by atoms with E-state index in [1.165, 1.54) is 12.0 Å². The van der Waals surface area contributed by atoms with Crippen LogP contribution in [0.5, 0.6) is 0 Å². The molecule has 3 N–H and O–H groups in total. The summed E-state index contributed by atoms with van der Waals surface area (Å²) in [7, 11) is 0. The molecule has 2 fully saturated rings. The van der Waals surface area contributed by atoms with Gasteiger partial charge in [-0.3, -0.25) is 4.79 Å². The highest BCUT2D eigenvalue weighted by atomic mass is 16.5. The smallest absolute Gasteiger partial charge is 0.319 e. The molecule has 0 unspecified atom stereocenters. The Morgan fingerprint density at radius 3 is 2.47 bits per heavy atom. The first kappa shape index (κ1) is 28.0. The fourth-order valence-corrected chi connectivity index (χ4v) is 5.61. The van der Waals surface area contributed by atoms with Crippen molar-refractivity contribution in [3.05, 3.63) is 59.7 Å². The SMILES string of the molecule is CCOCCCNC(=O)c1cc(NC(=O)NC2CCCCC2)ccc1N1CCC(Cc2ccccc2)CC1. The molecule has 0 radical (unpaired) electrons. The van der Waals surface area contributed by atoms with Gasteiger partial charge in [-0.1, -0.05) is 49.6 Å². The van der Waals surface area contributed by atoms with E-state index in [9.17, 15) is 9.59 Å². The molecule has 1 heterocycles. The molecule has 0 aromatic heterocycles. The summed E-state index contributed by atoms with van der Waals surface area (Å²) in [6.07, 6.45) is 9.67. The Morgan fingerprint density at radius 2 is 1.74 bits per heavy atom. The van der Waals surface area contributed by atoms with Crippen LogP contribution in [0.15, 0.2) is 48.5 Å². The second-order valence-electron chi connectivity index (χ2n) is 10.6. The van der Waals surface area contributed by atoms with Crippen molar-refractivity contribution in [1.82, 2.24) is 10.6 Å². The number of carbonyl (C=O) groups excluding carboxylic acids is 2. The number of nitrogens with zero attached hydrogens (tertiary/aromatic N) is 1. The molecule has 1 saturated heterocycles. The van der Waals surface area contributed by atoms with E-state index in [0.29, 0.717) is 36.9 Å². The number of hydrogen-bond acceptors (Lipinski definition) is 4. The van der Waals surface area contributed by atoms with Gasteiger partial charge in [0, 0.05) is 50.3 Å². The first-order valence-electron chi connectivity index (χ1n) is 14.5. The zero-order valence-electron chi connectivity index (χ0n) is 22.8. The lowest BCUT2D eigenvalue weighted by Gasteiger charge is -2.35. The van der Waals surface area contributed by atoms with Crippen LogP contribution in [-0.2, 0) is 11.2 Å². The number of urea groups is 1. The standard InChI is InChI=1S/C31H44N4O3/c1-2-38-21-9-18-32-30(36)28-23-27(34-31(37)33-26-12-7-4-8-13-26)14-15-29(28)35-19-16-25(17-20-35)22-24-10-5-3-6-11-24/h3,5-6,10-11,14-15,23,25-26H,2,4,7-9,12-13,16-22H2,1H3,(H,32,36)(H2,33,34,37). The Bertz CT molecular complexity index is 1020. The molecule has 3 amide bonds. The average Bonchev–Trinajstić information content (AvgIpc) is 2.94.